The SMILES string of the molecule is CCOc1ccc(NC(=O)Cc2ccc(N)cc2)cn1. The van der Waals surface area contributed by atoms with Crippen molar-refractivity contribution in [1.82, 2.24) is 4.98 Å². The maximum atomic E-state index is 11.9. The van der Waals surface area contributed by atoms with Gasteiger partial charge in [-0.3, -0.25) is 4.79 Å². The van der Waals surface area contributed by atoms with E-state index >= 15 is 0 Å². The van der Waals surface area contributed by atoms with Gasteiger partial charge in [0.15, 0.2) is 0 Å². The van der Waals surface area contributed by atoms with E-state index in [0.29, 0.717) is 30.3 Å². The zero-order valence-corrected chi connectivity index (χ0v) is 11.3. The number of carbonyl (C=O) groups excluding carboxylic acids is 1. The molecule has 0 fully saturated rings. The Bertz CT molecular complexity index is 565. The third kappa shape index (κ3) is 3.98. The number of ether oxygens (including phenoxy) is 1. The molecule has 0 aliphatic heterocycles. The van der Waals surface area contributed by atoms with E-state index in [4.69, 9.17) is 10.5 Å². The molecule has 1 aromatic carbocycles. The number of aromatic nitrogens is 1. The second kappa shape index (κ2) is 6.56. The summed E-state index contributed by atoms with van der Waals surface area (Å²) >= 11 is 0. The van der Waals surface area contributed by atoms with E-state index in [1.807, 2.05) is 19.1 Å². The summed E-state index contributed by atoms with van der Waals surface area (Å²) in [6.45, 7) is 2.46. The van der Waals surface area contributed by atoms with Crippen LogP contribution in [0.1, 0.15) is 12.5 Å². The van der Waals surface area contributed by atoms with Crippen molar-refractivity contribution in [3.05, 3.63) is 48.2 Å². The standard InChI is InChI=1S/C15H17N3O2/c1-2-20-15-8-7-13(10-17-15)18-14(19)9-11-3-5-12(16)6-4-11/h3-8,10H,2,9,16H2,1H3,(H,18,19). The maximum Gasteiger partial charge on any atom is 0.228 e. The first kappa shape index (κ1) is 13.9. The maximum absolute atomic E-state index is 11.9. The first-order valence-corrected chi connectivity index (χ1v) is 6.40. The Kier molecular flexibility index (Phi) is 4.55. The Morgan fingerprint density at radius 2 is 2.00 bits per heavy atom. The minimum absolute atomic E-state index is 0.0965. The van der Waals surface area contributed by atoms with E-state index in [1.54, 1.807) is 30.5 Å². The number of nitrogens with zero attached hydrogens (tertiary/aromatic N) is 1. The van der Waals surface area contributed by atoms with Crippen LogP contribution in [0.4, 0.5) is 11.4 Å². The predicted molar refractivity (Wildman–Crippen MR) is 78.6 cm³/mol. The summed E-state index contributed by atoms with van der Waals surface area (Å²) in [6.07, 6.45) is 1.87. The number of rotatable bonds is 5. The van der Waals surface area contributed by atoms with Crippen LogP contribution < -0.4 is 15.8 Å². The van der Waals surface area contributed by atoms with Crippen LogP contribution in [0.2, 0.25) is 0 Å². The van der Waals surface area contributed by atoms with Crippen molar-refractivity contribution in [2.45, 2.75) is 13.3 Å². The summed E-state index contributed by atoms with van der Waals surface area (Å²) in [4.78, 5) is 16.0. The Morgan fingerprint density at radius 1 is 1.25 bits per heavy atom. The lowest BCUT2D eigenvalue weighted by molar-refractivity contribution is -0.115. The Balaban J connectivity index is 1.92. The molecule has 0 spiro atoms. The van der Waals surface area contributed by atoms with Crippen LogP contribution in [0.3, 0.4) is 0 Å². The summed E-state index contributed by atoms with van der Waals surface area (Å²) in [7, 11) is 0. The van der Waals surface area contributed by atoms with Crippen LogP contribution in [0, 0.1) is 0 Å². The van der Waals surface area contributed by atoms with E-state index in [-0.39, 0.29) is 5.91 Å². The molecule has 2 rings (SSSR count). The van der Waals surface area contributed by atoms with E-state index in [1.165, 1.54) is 0 Å². The van der Waals surface area contributed by atoms with Gasteiger partial charge in [0.1, 0.15) is 0 Å². The summed E-state index contributed by atoms with van der Waals surface area (Å²) < 4.78 is 5.24. The van der Waals surface area contributed by atoms with Gasteiger partial charge in [0.25, 0.3) is 0 Å². The van der Waals surface area contributed by atoms with Crippen molar-refractivity contribution in [2.24, 2.45) is 0 Å². The molecule has 0 aliphatic carbocycles. The average Bonchev–Trinajstić information content (AvgIpc) is 2.44. The summed E-state index contributed by atoms with van der Waals surface area (Å²) in [6, 6.07) is 10.7. The molecule has 1 aromatic heterocycles. The monoisotopic (exact) mass is 271 g/mol. The molecule has 1 amide bonds. The van der Waals surface area contributed by atoms with Crippen LogP contribution in [0.5, 0.6) is 5.88 Å². The van der Waals surface area contributed by atoms with Crippen molar-refractivity contribution >= 4 is 17.3 Å². The zero-order valence-electron chi connectivity index (χ0n) is 11.3. The van der Waals surface area contributed by atoms with Gasteiger partial charge in [-0.05, 0) is 30.7 Å². The van der Waals surface area contributed by atoms with Crippen LogP contribution in [-0.2, 0) is 11.2 Å². The fourth-order valence-electron chi connectivity index (χ4n) is 1.71. The molecule has 104 valence electrons. The first-order chi connectivity index (χ1) is 9.67. The molecular formula is C15H17N3O2. The topological polar surface area (TPSA) is 77.2 Å². The molecule has 2 aromatic rings. The van der Waals surface area contributed by atoms with Gasteiger partial charge in [-0.1, -0.05) is 12.1 Å². The van der Waals surface area contributed by atoms with Crippen molar-refractivity contribution in [3.8, 4) is 5.88 Å². The molecule has 0 saturated carbocycles. The first-order valence-electron chi connectivity index (χ1n) is 6.40. The minimum Gasteiger partial charge on any atom is -0.478 e. The second-order valence-electron chi connectivity index (χ2n) is 4.28. The van der Waals surface area contributed by atoms with Crippen LogP contribution in [0.25, 0.3) is 0 Å². The molecule has 20 heavy (non-hydrogen) atoms. The summed E-state index contributed by atoms with van der Waals surface area (Å²) in [5, 5.41) is 2.79. The molecule has 0 unspecified atom stereocenters. The minimum atomic E-state index is -0.0965. The number of anilines is 2. The molecular weight excluding hydrogens is 254 g/mol. The van der Waals surface area contributed by atoms with Crippen molar-refractivity contribution < 1.29 is 9.53 Å². The van der Waals surface area contributed by atoms with Gasteiger partial charge < -0.3 is 15.8 Å². The van der Waals surface area contributed by atoms with Gasteiger partial charge in [-0.15, -0.1) is 0 Å². The third-order valence-corrected chi connectivity index (χ3v) is 2.66. The molecule has 0 atom stereocenters. The lowest BCUT2D eigenvalue weighted by Gasteiger charge is -2.06. The second-order valence-corrected chi connectivity index (χ2v) is 4.28. The number of benzene rings is 1. The molecule has 0 radical (unpaired) electrons. The molecule has 0 bridgehead atoms. The smallest absolute Gasteiger partial charge is 0.228 e. The van der Waals surface area contributed by atoms with Crippen molar-refractivity contribution in [3.63, 3.8) is 0 Å². The zero-order chi connectivity index (χ0) is 14.4. The highest BCUT2D eigenvalue weighted by Gasteiger charge is 2.04. The van der Waals surface area contributed by atoms with Gasteiger partial charge >= 0.3 is 0 Å². The van der Waals surface area contributed by atoms with Gasteiger partial charge in [-0.2, -0.15) is 0 Å². The van der Waals surface area contributed by atoms with Gasteiger partial charge in [0.2, 0.25) is 11.8 Å². The van der Waals surface area contributed by atoms with Crippen LogP contribution in [0.15, 0.2) is 42.6 Å². The molecule has 0 aliphatic rings. The summed E-state index contributed by atoms with van der Waals surface area (Å²) in [5.74, 6) is 0.449. The summed E-state index contributed by atoms with van der Waals surface area (Å²) in [5.41, 5.74) is 7.84. The van der Waals surface area contributed by atoms with E-state index in [2.05, 4.69) is 10.3 Å². The molecule has 5 heteroatoms. The lowest BCUT2D eigenvalue weighted by Crippen LogP contribution is -2.14. The Hall–Kier alpha value is -2.56. The third-order valence-electron chi connectivity index (χ3n) is 2.66. The van der Waals surface area contributed by atoms with Crippen molar-refractivity contribution in [1.29, 1.82) is 0 Å². The predicted octanol–water partition coefficient (Wildman–Crippen LogP) is 2.24. The van der Waals surface area contributed by atoms with Crippen LogP contribution >= 0.6 is 0 Å². The molecule has 0 saturated heterocycles. The van der Waals surface area contributed by atoms with Gasteiger partial charge in [0.05, 0.1) is 24.9 Å². The number of nitrogens with one attached hydrogen (secondary N) is 1. The largest absolute Gasteiger partial charge is 0.478 e. The number of hydrogen-bond acceptors (Lipinski definition) is 4. The average molecular weight is 271 g/mol. The molecule has 1 heterocycles. The fourth-order valence-corrected chi connectivity index (χ4v) is 1.71. The highest BCUT2D eigenvalue weighted by Crippen LogP contribution is 2.12. The number of hydrogen-bond donors (Lipinski definition) is 2. The Morgan fingerprint density at radius 3 is 2.60 bits per heavy atom. The lowest BCUT2D eigenvalue weighted by atomic mass is 10.1. The quantitative estimate of drug-likeness (QED) is 0.818. The number of amides is 1. The highest BCUT2D eigenvalue weighted by atomic mass is 16.5. The van der Waals surface area contributed by atoms with Crippen molar-refractivity contribution in [2.75, 3.05) is 17.7 Å². The molecule has 5 nitrogen and oxygen atoms in total. The normalized spacial score (nSPS) is 10.1. The van der Waals surface area contributed by atoms with Gasteiger partial charge in [-0.25, -0.2) is 4.98 Å². The number of pyridine rings is 1. The fraction of sp³-hybridized carbons (Fsp3) is 0.200. The number of nitrogens with two attached hydrogens (primary N) is 1. The van der Waals surface area contributed by atoms with Gasteiger partial charge in [0, 0.05) is 11.8 Å². The highest BCUT2D eigenvalue weighted by molar-refractivity contribution is 5.92. The van der Waals surface area contributed by atoms with E-state index in [9.17, 15) is 4.79 Å². The molecule has 3 N–H and O–H groups in total. The number of nitrogen functional groups attached to an aromatic ring is 1. The van der Waals surface area contributed by atoms with E-state index in [0.717, 1.165) is 5.56 Å². The number of carbonyl (C=O) groups is 1. The van der Waals surface area contributed by atoms with Crippen LogP contribution in [-0.4, -0.2) is 17.5 Å². The van der Waals surface area contributed by atoms with E-state index < -0.39 is 0 Å². The Labute approximate surface area is 117 Å².